The molecule has 0 spiro atoms. The summed E-state index contributed by atoms with van der Waals surface area (Å²) in [5.74, 6) is -0.0929. The molecular formula is C20H23N5O4. The van der Waals surface area contributed by atoms with Gasteiger partial charge in [0.2, 0.25) is 5.91 Å². The van der Waals surface area contributed by atoms with Crippen LogP contribution in [0.25, 0.3) is 0 Å². The molecule has 0 fully saturated rings. The molecule has 9 nitrogen and oxygen atoms in total. The molecule has 0 unspecified atom stereocenters. The zero-order valence-electron chi connectivity index (χ0n) is 16.2. The van der Waals surface area contributed by atoms with Crippen LogP contribution >= 0.6 is 0 Å². The predicted octanol–water partition coefficient (Wildman–Crippen LogP) is 2.32. The minimum Gasteiger partial charge on any atom is -0.492 e. The molecule has 2 aromatic rings. The van der Waals surface area contributed by atoms with Crippen molar-refractivity contribution < 1.29 is 19.1 Å². The maximum atomic E-state index is 12.0. The zero-order chi connectivity index (χ0) is 21.1. The summed E-state index contributed by atoms with van der Waals surface area (Å²) < 4.78 is 5.42. The lowest BCUT2D eigenvalue weighted by molar-refractivity contribution is -0.120. The third kappa shape index (κ3) is 7.71. The lowest BCUT2D eigenvalue weighted by atomic mass is 10.2. The first-order chi connectivity index (χ1) is 14.0. The number of carbonyl (C=O) groups is 3. The van der Waals surface area contributed by atoms with Crippen LogP contribution in [0.5, 0.6) is 5.75 Å². The molecule has 2 aromatic carbocycles. The van der Waals surface area contributed by atoms with E-state index in [-0.39, 0.29) is 12.5 Å². The Kier molecular flexibility index (Phi) is 8.18. The first kappa shape index (κ1) is 21.4. The van der Waals surface area contributed by atoms with Gasteiger partial charge in [0.05, 0.1) is 18.5 Å². The van der Waals surface area contributed by atoms with E-state index in [0.717, 1.165) is 5.56 Å². The van der Waals surface area contributed by atoms with Crippen molar-refractivity contribution in [3.8, 4) is 5.75 Å². The fourth-order valence-corrected chi connectivity index (χ4v) is 2.25. The summed E-state index contributed by atoms with van der Waals surface area (Å²) in [6.07, 6.45) is 1.45. The molecule has 0 radical (unpaired) electrons. The summed E-state index contributed by atoms with van der Waals surface area (Å²) in [7, 11) is 0. The number of hydrazone groups is 1. The van der Waals surface area contributed by atoms with Crippen molar-refractivity contribution in [1.29, 1.82) is 0 Å². The van der Waals surface area contributed by atoms with Crippen LogP contribution in [0.2, 0.25) is 0 Å². The summed E-state index contributed by atoms with van der Waals surface area (Å²) in [6, 6.07) is 13.4. The van der Waals surface area contributed by atoms with Crippen LogP contribution in [-0.4, -0.2) is 37.2 Å². The average Bonchev–Trinajstić information content (AvgIpc) is 2.69. The maximum Gasteiger partial charge on any atom is 0.319 e. The fraction of sp³-hybridized carbons (Fsp3) is 0.200. The van der Waals surface area contributed by atoms with E-state index in [1.165, 1.54) is 13.1 Å². The van der Waals surface area contributed by atoms with Crippen LogP contribution in [0, 0.1) is 0 Å². The summed E-state index contributed by atoms with van der Waals surface area (Å²) in [6.45, 7) is 3.49. The second kappa shape index (κ2) is 11.1. The van der Waals surface area contributed by atoms with E-state index in [9.17, 15) is 14.4 Å². The highest BCUT2D eigenvalue weighted by Crippen LogP contribution is 2.23. The molecule has 4 amide bonds. The van der Waals surface area contributed by atoms with Gasteiger partial charge in [0.1, 0.15) is 12.3 Å². The Hall–Kier alpha value is -3.88. The Labute approximate surface area is 168 Å². The Balaban J connectivity index is 1.76. The molecule has 9 heteroatoms. The van der Waals surface area contributed by atoms with E-state index < -0.39 is 11.9 Å². The Morgan fingerprint density at radius 2 is 1.76 bits per heavy atom. The van der Waals surface area contributed by atoms with Gasteiger partial charge in [-0.2, -0.15) is 5.10 Å². The zero-order valence-corrected chi connectivity index (χ0v) is 16.2. The van der Waals surface area contributed by atoms with Crippen LogP contribution in [0.15, 0.2) is 53.6 Å². The van der Waals surface area contributed by atoms with Crippen LogP contribution < -0.4 is 26.1 Å². The normalized spacial score (nSPS) is 10.3. The topological polar surface area (TPSA) is 121 Å². The number of nitrogens with zero attached hydrogens (tertiary/aromatic N) is 1. The van der Waals surface area contributed by atoms with Crippen LogP contribution in [0.1, 0.15) is 19.4 Å². The van der Waals surface area contributed by atoms with Crippen molar-refractivity contribution >= 4 is 35.4 Å². The smallest absolute Gasteiger partial charge is 0.319 e. The number of hydrogen-bond donors (Lipinski definition) is 4. The number of ether oxygens (including phenoxy) is 1. The molecule has 0 heterocycles. The van der Waals surface area contributed by atoms with Gasteiger partial charge < -0.3 is 20.7 Å². The predicted molar refractivity (Wildman–Crippen MR) is 111 cm³/mol. The summed E-state index contributed by atoms with van der Waals surface area (Å²) in [4.78, 5) is 34.7. The number of rotatable bonds is 8. The van der Waals surface area contributed by atoms with Gasteiger partial charge in [-0.15, -0.1) is 0 Å². The van der Waals surface area contributed by atoms with Crippen LogP contribution in [0.3, 0.4) is 0 Å². The van der Waals surface area contributed by atoms with Gasteiger partial charge >= 0.3 is 6.03 Å². The van der Waals surface area contributed by atoms with Gasteiger partial charge in [0.25, 0.3) is 5.91 Å². The number of carbonyl (C=O) groups excluding carboxylic acids is 3. The third-order valence-corrected chi connectivity index (χ3v) is 3.48. The quantitative estimate of drug-likeness (QED) is 0.403. The molecule has 2 rings (SSSR count). The van der Waals surface area contributed by atoms with E-state index in [1.807, 2.05) is 6.92 Å². The number of urea groups is 1. The number of hydrogen-bond acceptors (Lipinski definition) is 5. The van der Waals surface area contributed by atoms with Crippen LogP contribution in [-0.2, 0) is 9.59 Å². The molecule has 4 N–H and O–H groups in total. The monoisotopic (exact) mass is 397 g/mol. The van der Waals surface area contributed by atoms with Gasteiger partial charge in [-0.3, -0.25) is 9.59 Å². The van der Waals surface area contributed by atoms with E-state index in [1.54, 1.807) is 48.5 Å². The third-order valence-electron chi connectivity index (χ3n) is 3.48. The first-order valence-corrected chi connectivity index (χ1v) is 8.94. The van der Waals surface area contributed by atoms with Crippen molar-refractivity contribution in [3.63, 3.8) is 0 Å². The van der Waals surface area contributed by atoms with Gasteiger partial charge in [-0.05, 0) is 36.8 Å². The lowest BCUT2D eigenvalue weighted by Crippen LogP contribution is -2.37. The minimum atomic E-state index is -0.537. The number of amides is 4. The second-order valence-electron chi connectivity index (χ2n) is 5.83. The highest BCUT2D eigenvalue weighted by Gasteiger charge is 2.08. The minimum absolute atomic E-state index is 0.156. The molecular weight excluding hydrogens is 374 g/mol. The molecule has 0 saturated carbocycles. The Bertz CT molecular complexity index is 881. The number of para-hydroxylation sites is 2. The molecule has 0 aliphatic heterocycles. The summed E-state index contributed by atoms with van der Waals surface area (Å²) in [5.41, 5.74) is 4.23. The van der Waals surface area contributed by atoms with Gasteiger partial charge in [0.15, 0.2) is 0 Å². The number of benzene rings is 2. The molecule has 0 atom stereocenters. The Morgan fingerprint density at radius 1 is 1.03 bits per heavy atom. The fourth-order valence-electron chi connectivity index (χ4n) is 2.25. The highest BCUT2D eigenvalue weighted by atomic mass is 16.5. The van der Waals surface area contributed by atoms with Crippen molar-refractivity contribution in [3.05, 3.63) is 54.1 Å². The Morgan fingerprint density at radius 3 is 2.45 bits per heavy atom. The lowest BCUT2D eigenvalue weighted by Gasteiger charge is -2.11. The molecule has 0 aliphatic rings. The van der Waals surface area contributed by atoms with Crippen molar-refractivity contribution in [2.45, 2.75) is 13.8 Å². The van der Waals surface area contributed by atoms with Crippen molar-refractivity contribution in [2.24, 2.45) is 5.10 Å². The highest BCUT2D eigenvalue weighted by molar-refractivity contribution is 5.93. The average molecular weight is 397 g/mol. The number of anilines is 2. The molecule has 0 bridgehead atoms. The molecule has 0 saturated heterocycles. The SMILES string of the molecule is CCOc1ccccc1NC(=O)NCC(=O)NN=Cc1ccc(NC(C)=O)cc1. The molecule has 152 valence electrons. The van der Waals surface area contributed by atoms with Gasteiger partial charge in [-0.25, -0.2) is 10.2 Å². The second-order valence-corrected chi connectivity index (χ2v) is 5.83. The first-order valence-electron chi connectivity index (χ1n) is 8.94. The van der Waals surface area contributed by atoms with E-state index in [4.69, 9.17) is 4.74 Å². The molecule has 0 aromatic heterocycles. The molecule has 0 aliphatic carbocycles. The summed E-state index contributed by atoms with van der Waals surface area (Å²) in [5, 5.41) is 11.6. The van der Waals surface area contributed by atoms with Crippen LogP contribution in [0.4, 0.5) is 16.2 Å². The van der Waals surface area contributed by atoms with E-state index in [0.29, 0.717) is 23.7 Å². The van der Waals surface area contributed by atoms with Crippen molar-refractivity contribution in [1.82, 2.24) is 10.7 Å². The van der Waals surface area contributed by atoms with Gasteiger partial charge in [0, 0.05) is 12.6 Å². The van der Waals surface area contributed by atoms with Crippen molar-refractivity contribution in [2.75, 3.05) is 23.8 Å². The van der Waals surface area contributed by atoms with E-state index in [2.05, 4.69) is 26.5 Å². The van der Waals surface area contributed by atoms with E-state index >= 15 is 0 Å². The molecule has 29 heavy (non-hydrogen) atoms. The maximum absolute atomic E-state index is 12.0. The number of nitrogens with one attached hydrogen (secondary N) is 4. The largest absolute Gasteiger partial charge is 0.492 e. The van der Waals surface area contributed by atoms with Gasteiger partial charge in [-0.1, -0.05) is 24.3 Å². The summed E-state index contributed by atoms with van der Waals surface area (Å²) >= 11 is 0. The standard InChI is InChI=1S/C20H23N5O4/c1-3-29-18-7-5-4-6-17(18)24-20(28)21-13-19(27)25-22-12-15-8-10-16(11-9-15)23-14(2)26/h4-12H,3,13H2,1-2H3,(H,23,26)(H,25,27)(H2,21,24,28).